The van der Waals surface area contributed by atoms with E-state index < -0.39 is 11.9 Å². The van der Waals surface area contributed by atoms with E-state index in [0.29, 0.717) is 35.4 Å². The maximum atomic E-state index is 13.4. The number of hydrogen-bond acceptors (Lipinski definition) is 6. The number of para-hydroxylation sites is 1. The van der Waals surface area contributed by atoms with E-state index in [0.717, 1.165) is 18.4 Å². The molecule has 0 spiro atoms. The number of amides is 2. The van der Waals surface area contributed by atoms with E-state index in [4.69, 9.17) is 19.6 Å². The van der Waals surface area contributed by atoms with E-state index in [1.807, 2.05) is 0 Å². The first kappa shape index (κ1) is 20.3. The second kappa shape index (κ2) is 8.12. The van der Waals surface area contributed by atoms with E-state index >= 15 is 0 Å². The van der Waals surface area contributed by atoms with Crippen LogP contribution in [-0.4, -0.2) is 42.6 Å². The largest absolute Gasteiger partial charge is 0.484 e. The van der Waals surface area contributed by atoms with Gasteiger partial charge < -0.3 is 24.5 Å². The third kappa shape index (κ3) is 3.52. The van der Waals surface area contributed by atoms with Gasteiger partial charge in [0.2, 0.25) is 5.76 Å². The SMILES string of the molecule is NC(=O)COc1ccc([C@@H]2c3c(oc4ccccc4c3=O)C(=O)N2C[C@@H]2CCCO2)cc1. The van der Waals surface area contributed by atoms with Crippen LogP contribution in [-0.2, 0) is 9.53 Å². The van der Waals surface area contributed by atoms with Crippen LogP contribution in [0.1, 0.15) is 40.6 Å². The van der Waals surface area contributed by atoms with Gasteiger partial charge >= 0.3 is 0 Å². The predicted molar refractivity (Wildman–Crippen MR) is 115 cm³/mol. The van der Waals surface area contributed by atoms with Gasteiger partial charge in [0.15, 0.2) is 12.0 Å². The smallest absolute Gasteiger partial charge is 0.291 e. The van der Waals surface area contributed by atoms with Crippen LogP contribution in [0.5, 0.6) is 5.75 Å². The average Bonchev–Trinajstić information content (AvgIpc) is 3.40. The van der Waals surface area contributed by atoms with Crippen molar-refractivity contribution in [2.75, 3.05) is 19.8 Å². The van der Waals surface area contributed by atoms with E-state index in [1.165, 1.54) is 0 Å². The number of carbonyl (C=O) groups is 2. The minimum atomic E-state index is -0.604. The molecule has 0 saturated carbocycles. The number of rotatable bonds is 6. The second-order valence-corrected chi connectivity index (χ2v) is 7.99. The van der Waals surface area contributed by atoms with Gasteiger partial charge in [0.1, 0.15) is 11.3 Å². The molecule has 0 bridgehead atoms. The maximum absolute atomic E-state index is 13.4. The van der Waals surface area contributed by atoms with Crippen molar-refractivity contribution >= 4 is 22.8 Å². The first-order chi connectivity index (χ1) is 15.5. The topological polar surface area (TPSA) is 112 Å². The zero-order chi connectivity index (χ0) is 22.2. The van der Waals surface area contributed by atoms with Crippen LogP contribution in [0.2, 0.25) is 0 Å². The first-order valence-electron chi connectivity index (χ1n) is 10.5. The Morgan fingerprint density at radius 2 is 1.91 bits per heavy atom. The molecule has 2 aliphatic heterocycles. The van der Waals surface area contributed by atoms with Gasteiger partial charge in [-0.3, -0.25) is 14.4 Å². The Morgan fingerprint density at radius 3 is 2.62 bits per heavy atom. The van der Waals surface area contributed by atoms with Gasteiger partial charge in [-0.15, -0.1) is 0 Å². The molecular weight excluding hydrogens is 412 g/mol. The highest BCUT2D eigenvalue weighted by atomic mass is 16.5. The summed E-state index contributed by atoms with van der Waals surface area (Å²) in [7, 11) is 0. The fourth-order valence-electron chi connectivity index (χ4n) is 4.41. The molecule has 0 radical (unpaired) electrons. The molecule has 5 rings (SSSR count). The zero-order valence-electron chi connectivity index (χ0n) is 17.3. The fourth-order valence-corrected chi connectivity index (χ4v) is 4.41. The third-order valence-electron chi connectivity index (χ3n) is 5.87. The van der Waals surface area contributed by atoms with Crippen LogP contribution in [0.25, 0.3) is 11.0 Å². The highest BCUT2D eigenvalue weighted by Crippen LogP contribution is 2.39. The molecule has 2 aromatic carbocycles. The summed E-state index contributed by atoms with van der Waals surface area (Å²) >= 11 is 0. The molecule has 32 heavy (non-hydrogen) atoms. The normalized spacial score (nSPS) is 20.0. The lowest BCUT2D eigenvalue weighted by Gasteiger charge is -2.27. The Bertz CT molecular complexity index is 1240. The number of benzene rings is 2. The van der Waals surface area contributed by atoms with Gasteiger partial charge in [-0.25, -0.2) is 0 Å². The Morgan fingerprint density at radius 1 is 1.12 bits per heavy atom. The van der Waals surface area contributed by atoms with Crippen molar-refractivity contribution in [1.29, 1.82) is 0 Å². The number of primary amides is 1. The van der Waals surface area contributed by atoms with Crippen molar-refractivity contribution < 1.29 is 23.5 Å². The molecule has 1 fully saturated rings. The molecule has 8 heteroatoms. The summed E-state index contributed by atoms with van der Waals surface area (Å²) in [6, 6.07) is 13.3. The van der Waals surface area contributed by atoms with Crippen LogP contribution in [0, 0.1) is 0 Å². The minimum absolute atomic E-state index is 0.0748. The summed E-state index contributed by atoms with van der Waals surface area (Å²) in [5, 5.41) is 0.435. The molecular formula is C24H22N2O6. The molecule has 1 saturated heterocycles. The van der Waals surface area contributed by atoms with Crippen LogP contribution >= 0.6 is 0 Å². The molecule has 2 N–H and O–H groups in total. The second-order valence-electron chi connectivity index (χ2n) is 7.99. The molecule has 1 aromatic heterocycles. The molecule has 3 heterocycles. The number of hydrogen-bond donors (Lipinski definition) is 1. The van der Waals surface area contributed by atoms with Gasteiger partial charge in [-0.05, 0) is 42.7 Å². The van der Waals surface area contributed by atoms with Crippen molar-refractivity contribution in [3.05, 3.63) is 75.6 Å². The zero-order valence-corrected chi connectivity index (χ0v) is 17.3. The van der Waals surface area contributed by atoms with E-state index in [1.54, 1.807) is 53.4 Å². The molecule has 8 nitrogen and oxygen atoms in total. The Hall–Kier alpha value is -3.65. The van der Waals surface area contributed by atoms with Crippen molar-refractivity contribution in [2.45, 2.75) is 25.0 Å². The molecule has 2 amide bonds. The average molecular weight is 434 g/mol. The van der Waals surface area contributed by atoms with Crippen molar-refractivity contribution in [3.63, 3.8) is 0 Å². The summed E-state index contributed by atoms with van der Waals surface area (Å²) in [6.07, 6.45) is 1.71. The number of nitrogens with zero attached hydrogens (tertiary/aromatic N) is 1. The van der Waals surface area contributed by atoms with Gasteiger partial charge in [-0.2, -0.15) is 0 Å². The summed E-state index contributed by atoms with van der Waals surface area (Å²) in [4.78, 5) is 39.4. The molecule has 0 unspecified atom stereocenters. The minimum Gasteiger partial charge on any atom is -0.484 e. The summed E-state index contributed by atoms with van der Waals surface area (Å²) < 4.78 is 17.0. The monoisotopic (exact) mass is 434 g/mol. The standard InChI is InChI=1S/C24H22N2O6/c25-19(27)13-31-15-9-7-14(8-10-15)21-20-22(28)17-5-1-2-6-18(17)32-23(20)24(29)26(21)12-16-4-3-11-30-16/h1-2,5-10,16,21H,3-4,11-13H2,(H2,25,27)/t16-,21+/m0/s1. The lowest BCUT2D eigenvalue weighted by molar-refractivity contribution is -0.119. The fraction of sp³-hybridized carbons (Fsp3) is 0.292. The number of carbonyl (C=O) groups excluding carboxylic acids is 2. The molecule has 164 valence electrons. The van der Waals surface area contributed by atoms with Gasteiger partial charge in [-0.1, -0.05) is 24.3 Å². The quantitative estimate of drug-likeness (QED) is 0.638. The number of ether oxygens (including phenoxy) is 2. The van der Waals surface area contributed by atoms with Crippen LogP contribution in [0.4, 0.5) is 0 Å². The van der Waals surface area contributed by atoms with Crippen molar-refractivity contribution in [3.8, 4) is 5.75 Å². The Kier molecular flexibility index (Phi) is 5.14. The molecule has 2 aliphatic rings. The summed E-state index contributed by atoms with van der Waals surface area (Å²) in [5.41, 5.74) is 6.37. The first-order valence-corrected chi connectivity index (χ1v) is 10.5. The third-order valence-corrected chi connectivity index (χ3v) is 5.87. The van der Waals surface area contributed by atoms with E-state index in [2.05, 4.69) is 0 Å². The van der Waals surface area contributed by atoms with E-state index in [-0.39, 0.29) is 29.8 Å². The Balaban J connectivity index is 1.59. The van der Waals surface area contributed by atoms with Crippen LogP contribution < -0.4 is 15.9 Å². The lowest BCUT2D eigenvalue weighted by atomic mass is 9.98. The molecule has 3 aromatic rings. The lowest BCUT2D eigenvalue weighted by Crippen LogP contribution is -2.36. The van der Waals surface area contributed by atoms with Gasteiger partial charge in [0, 0.05) is 13.2 Å². The number of nitrogens with two attached hydrogens (primary N) is 1. The van der Waals surface area contributed by atoms with Crippen LogP contribution in [0.3, 0.4) is 0 Å². The highest BCUT2D eigenvalue weighted by molar-refractivity contribution is 5.99. The maximum Gasteiger partial charge on any atom is 0.291 e. The molecule has 2 atom stereocenters. The van der Waals surface area contributed by atoms with Gasteiger partial charge in [0.05, 0.1) is 23.1 Å². The molecule has 0 aliphatic carbocycles. The summed E-state index contributed by atoms with van der Waals surface area (Å²) in [6.45, 7) is 0.797. The van der Waals surface area contributed by atoms with Gasteiger partial charge in [0.25, 0.3) is 11.8 Å². The predicted octanol–water partition coefficient (Wildman–Crippen LogP) is 2.38. The van der Waals surface area contributed by atoms with E-state index in [9.17, 15) is 14.4 Å². The summed E-state index contributed by atoms with van der Waals surface area (Å²) in [5.74, 6) is -0.354. The van der Waals surface area contributed by atoms with Crippen LogP contribution in [0.15, 0.2) is 57.7 Å². The van der Waals surface area contributed by atoms with Crippen molar-refractivity contribution in [1.82, 2.24) is 4.90 Å². The van der Waals surface area contributed by atoms with Crippen molar-refractivity contribution in [2.24, 2.45) is 5.73 Å². The number of fused-ring (bicyclic) bond motifs is 2. The highest BCUT2D eigenvalue weighted by Gasteiger charge is 2.43. The Labute approximate surface area is 183 Å².